The van der Waals surface area contributed by atoms with Crippen molar-refractivity contribution in [3.8, 4) is 33.8 Å². The van der Waals surface area contributed by atoms with Crippen LogP contribution in [0.5, 0.6) is 0 Å². The zero-order chi connectivity index (χ0) is 56.9. The quantitative estimate of drug-likeness (QED) is 0.124. The number of nitrogens with zero attached hydrogens (tertiary/aromatic N) is 3. The van der Waals surface area contributed by atoms with Crippen LogP contribution in [-0.4, -0.2) is 15.0 Å². The van der Waals surface area contributed by atoms with E-state index in [1.807, 2.05) is 0 Å². The Bertz CT molecular complexity index is 3630. The van der Waals surface area contributed by atoms with Crippen molar-refractivity contribution in [3.05, 3.63) is 208 Å². The van der Waals surface area contributed by atoms with Crippen LogP contribution in [0.15, 0.2) is 162 Å². The molecule has 0 amide bonds. The van der Waals surface area contributed by atoms with E-state index in [-0.39, 0.29) is 33.6 Å². The first-order chi connectivity index (χ1) is 36.2. The van der Waals surface area contributed by atoms with Gasteiger partial charge in [0, 0.05) is 70.7 Å². The third-order valence-electron chi connectivity index (χ3n) is 9.26. The topological polar surface area (TPSA) is 51.8 Å². The summed E-state index contributed by atoms with van der Waals surface area (Å²) in [5, 5.41) is 0.419. The second-order valence-corrected chi connectivity index (χ2v) is 13.2. The second-order valence-electron chi connectivity index (χ2n) is 13.2. The molecule has 4 nitrogen and oxygen atoms in total. The number of hydrogen-bond acceptors (Lipinski definition) is 4. The monoisotopic (exact) mass is 777 g/mol. The van der Waals surface area contributed by atoms with Crippen LogP contribution in [0.25, 0.3) is 55.7 Å². The van der Waals surface area contributed by atoms with Gasteiger partial charge in [-0.1, -0.05) is 97.1 Å². The van der Waals surface area contributed by atoms with Gasteiger partial charge in [0.25, 0.3) is 0 Å². The summed E-state index contributed by atoms with van der Waals surface area (Å²) < 4.78 is 201. The van der Waals surface area contributed by atoms with E-state index in [1.54, 1.807) is 78.9 Å². The first kappa shape index (κ1) is 20.6. The zero-order valence-corrected chi connectivity index (χ0v) is 30.5. The summed E-state index contributed by atoms with van der Waals surface area (Å²) in [6.45, 7) is -6.16. The summed E-state index contributed by atoms with van der Waals surface area (Å²) in [5.74, 6) is -1.06. The molecule has 9 rings (SSSR count). The Morgan fingerprint density at radius 1 is 0.552 bits per heavy atom. The van der Waals surface area contributed by atoms with Crippen LogP contribution in [0.4, 0.5) is 4.39 Å². The lowest BCUT2D eigenvalue weighted by atomic mass is 9.93. The van der Waals surface area contributed by atoms with Gasteiger partial charge in [0.15, 0.2) is 0 Å². The molecule has 58 heavy (non-hydrogen) atoms. The SMILES string of the molecule is [2H]c1cc2oc3c(-c4ccc(C([2H])([2H])C([2H])([2H])c5cc(C([2H])([2H])C([2H])([2H])c6cnc(-c7ccccc7)cc6C([2H])([2H])[2H])cc(C([2H])([2H])C([2H])([2H])c6cnc(-c7ccccc7)cc6C([2H])([2H])[2H])c5)cn4)cccc3c2c([2H])c1F. The molecular weight excluding hydrogens is 714 g/mol. The van der Waals surface area contributed by atoms with Crippen LogP contribution in [0.1, 0.15) is 71.9 Å². The molecule has 0 aliphatic heterocycles. The number of aryl methyl sites for hydroxylation is 8. The Labute approximate surface area is 367 Å². The number of furan rings is 1. The summed E-state index contributed by atoms with van der Waals surface area (Å²) in [7, 11) is 0. The molecule has 0 spiro atoms. The van der Waals surface area contributed by atoms with Crippen molar-refractivity contribution in [1.29, 1.82) is 0 Å². The molecule has 284 valence electrons. The molecule has 4 aromatic heterocycles. The van der Waals surface area contributed by atoms with Crippen LogP contribution >= 0.6 is 0 Å². The van der Waals surface area contributed by atoms with E-state index < -0.39 is 114 Å². The zero-order valence-electron chi connectivity index (χ0n) is 50.5. The van der Waals surface area contributed by atoms with Gasteiger partial charge in [0.1, 0.15) is 17.0 Å². The van der Waals surface area contributed by atoms with Crippen molar-refractivity contribution in [2.75, 3.05) is 0 Å². The number of fused-ring (bicyclic) bond motifs is 3. The molecule has 0 radical (unpaired) electrons. The standard InChI is InChI=1S/C53H44FN3O/c1-35-26-50(41-10-5-3-6-11-41)56-33-43(35)21-18-39-28-38(29-40(30-39)19-22-44-34-57-51(27-36(44)2)42-12-7-4-8-13-42)17-16-37-20-24-49(55-32-37)47-15-9-14-46-48-31-45(54)23-25-52(48)58-53(46)47/h3-15,20,23-34H,16-19,21-22H2,1-2H3/i1D3,2D3,16D2,17D2,18D2,19D2,21D2,22D2,23D,31D. The van der Waals surface area contributed by atoms with Gasteiger partial charge in [0.05, 0.1) is 19.8 Å². The molecule has 5 aromatic carbocycles. The van der Waals surface area contributed by atoms with E-state index in [0.29, 0.717) is 28.1 Å². The first-order valence-electron chi connectivity index (χ1n) is 28.1. The van der Waals surface area contributed by atoms with Crippen LogP contribution < -0.4 is 0 Å². The molecule has 0 aliphatic carbocycles. The van der Waals surface area contributed by atoms with Gasteiger partial charge in [-0.3, -0.25) is 15.0 Å². The Morgan fingerprint density at radius 2 is 1.12 bits per heavy atom. The highest BCUT2D eigenvalue weighted by Crippen LogP contribution is 2.35. The molecule has 0 N–H and O–H groups in total. The largest absolute Gasteiger partial charge is 0.455 e. The minimum atomic E-state index is -3.50. The third kappa shape index (κ3) is 8.07. The van der Waals surface area contributed by atoms with E-state index in [9.17, 15) is 20.8 Å². The van der Waals surface area contributed by atoms with Crippen LogP contribution in [0, 0.1) is 19.5 Å². The van der Waals surface area contributed by atoms with Crippen molar-refractivity contribution < 1.29 is 36.2 Å². The summed E-state index contributed by atoms with van der Waals surface area (Å²) in [6, 6.07) is 28.2. The van der Waals surface area contributed by atoms with Crippen molar-refractivity contribution in [2.45, 2.75) is 51.9 Å². The van der Waals surface area contributed by atoms with E-state index in [0.717, 1.165) is 48.9 Å². The molecular formula is C53H44FN3O. The normalized spacial score (nSPS) is 18.4. The Hall–Kier alpha value is -6.72. The number of hydrogen-bond donors (Lipinski definition) is 0. The molecule has 0 unspecified atom stereocenters. The van der Waals surface area contributed by atoms with Crippen LogP contribution in [0.3, 0.4) is 0 Å². The van der Waals surface area contributed by atoms with Gasteiger partial charge in [-0.2, -0.15) is 0 Å². The minimum Gasteiger partial charge on any atom is -0.455 e. The molecule has 0 saturated carbocycles. The van der Waals surface area contributed by atoms with Crippen molar-refractivity contribution in [2.24, 2.45) is 0 Å². The lowest BCUT2D eigenvalue weighted by molar-refractivity contribution is 0.626. The van der Waals surface area contributed by atoms with Gasteiger partial charge in [-0.05, 0) is 139 Å². The highest BCUT2D eigenvalue weighted by atomic mass is 19.1. The van der Waals surface area contributed by atoms with E-state index in [1.165, 1.54) is 12.1 Å². The Kier molecular flexibility index (Phi) is 5.83. The summed E-state index contributed by atoms with van der Waals surface area (Å²) >= 11 is 0. The third-order valence-corrected chi connectivity index (χ3v) is 9.26. The number of halogens is 1. The molecule has 4 heterocycles. The average Bonchev–Trinajstić information content (AvgIpc) is 3.87. The Balaban J connectivity index is 1.20. The lowest BCUT2D eigenvalue weighted by Crippen LogP contribution is -2.02. The first-order valence-corrected chi connectivity index (χ1v) is 18.1. The fourth-order valence-corrected chi connectivity index (χ4v) is 6.38. The lowest BCUT2D eigenvalue weighted by Gasteiger charge is -2.13. The predicted molar refractivity (Wildman–Crippen MR) is 234 cm³/mol. The molecule has 0 atom stereocenters. The van der Waals surface area contributed by atoms with Gasteiger partial charge < -0.3 is 4.42 Å². The molecule has 9 aromatic rings. The summed E-state index contributed by atoms with van der Waals surface area (Å²) in [5.41, 5.74) is -4.09. The van der Waals surface area contributed by atoms with E-state index in [2.05, 4.69) is 15.0 Å². The highest BCUT2D eigenvalue weighted by Gasteiger charge is 2.14. The van der Waals surface area contributed by atoms with E-state index >= 15 is 0 Å². The number of aromatic nitrogens is 3. The number of rotatable bonds is 12. The smallest absolute Gasteiger partial charge is 0.144 e. The maximum absolute atomic E-state index is 14.7. The fourth-order valence-electron chi connectivity index (χ4n) is 6.38. The molecule has 0 fully saturated rings. The van der Waals surface area contributed by atoms with Crippen molar-refractivity contribution >= 4 is 21.9 Å². The molecule has 0 bridgehead atoms. The van der Waals surface area contributed by atoms with Crippen LogP contribution in [0.2, 0.25) is 0 Å². The number of para-hydroxylation sites is 1. The average molecular weight is 778 g/mol. The maximum Gasteiger partial charge on any atom is 0.144 e. The highest BCUT2D eigenvalue weighted by molar-refractivity contribution is 6.09. The van der Waals surface area contributed by atoms with Gasteiger partial charge in [-0.25, -0.2) is 4.39 Å². The number of pyridine rings is 3. The maximum atomic E-state index is 14.7. The van der Waals surface area contributed by atoms with Gasteiger partial charge in [0.2, 0.25) is 0 Å². The summed E-state index contributed by atoms with van der Waals surface area (Å²) in [6.07, 6.45) is -17.7. The number of benzene rings is 5. The fraction of sp³-hybridized carbons (Fsp3) is 0.151. The predicted octanol–water partition coefficient (Wildman–Crippen LogP) is 12.9. The van der Waals surface area contributed by atoms with Crippen molar-refractivity contribution in [3.63, 3.8) is 0 Å². The van der Waals surface area contributed by atoms with Crippen LogP contribution in [-0.2, 0) is 38.2 Å². The molecule has 0 saturated heterocycles. The Morgan fingerprint density at radius 3 is 1.69 bits per heavy atom. The molecule has 0 aliphatic rings. The second kappa shape index (κ2) is 16.4. The minimum absolute atomic E-state index is 0.0530. The van der Waals surface area contributed by atoms with E-state index in [4.69, 9.17) is 15.4 Å². The van der Waals surface area contributed by atoms with Crippen molar-refractivity contribution in [1.82, 2.24) is 15.0 Å². The van der Waals surface area contributed by atoms with Gasteiger partial charge in [-0.15, -0.1) is 0 Å². The van der Waals surface area contributed by atoms with Gasteiger partial charge >= 0.3 is 0 Å². The molecule has 5 heteroatoms. The summed E-state index contributed by atoms with van der Waals surface area (Å²) in [4.78, 5) is 13.0.